The molecule has 0 saturated carbocycles. The lowest BCUT2D eigenvalue weighted by Gasteiger charge is -2.08. The summed E-state index contributed by atoms with van der Waals surface area (Å²) in [4.78, 5) is 11.5. The predicted molar refractivity (Wildman–Crippen MR) is 58.4 cm³/mol. The quantitative estimate of drug-likeness (QED) is 0.457. The Kier molecular flexibility index (Phi) is 4.49. The van der Waals surface area contributed by atoms with Crippen LogP contribution in [-0.2, 0) is 6.18 Å². The lowest BCUT2D eigenvalue weighted by Crippen LogP contribution is -2.09. The van der Waals surface area contributed by atoms with Gasteiger partial charge in [-0.05, 0) is 25.1 Å². The van der Waals surface area contributed by atoms with E-state index in [2.05, 4.69) is 11.8 Å². The Morgan fingerprint density at radius 2 is 2.00 bits per heavy atom. The fourth-order valence-electron chi connectivity index (χ4n) is 1.35. The summed E-state index contributed by atoms with van der Waals surface area (Å²) in [5.41, 5.74) is -1.57. The van der Waals surface area contributed by atoms with Crippen molar-refractivity contribution in [3.63, 3.8) is 0 Å². The van der Waals surface area contributed by atoms with Gasteiger partial charge < -0.3 is 0 Å². The van der Waals surface area contributed by atoms with Crippen LogP contribution in [0.4, 0.5) is 17.6 Å². The third-order valence-electron chi connectivity index (χ3n) is 2.25. The summed E-state index contributed by atoms with van der Waals surface area (Å²) >= 11 is 0. The molecule has 0 fully saturated rings. The van der Waals surface area contributed by atoms with Gasteiger partial charge in [0, 0.05) is 12.8 Å². The van der Waals surface area contributed by atoms with E-state index in [-0.39, 0.29) is 12.8 Å². The van der Waals surface area contributed by atoms with E-state index in [9.17, 15) is 22.4 Å². The fraction of sp³-hybridized carbons (Fsp3) is 0.308. The number of hydrogen-bond acceptors (Lipinski definition) is 1. The normalized spacial score (nSPS) is 10.7. The molecular formula is C13H10F4O. The van der Waals surface area contributed by atoms with Crippen molar-refractivity contribution >= 4 is 5.78 Å². The molecule has 1 aromatic rings. The van der Waals surface area contributed by atoms with Crippen molar-refractivity contribution in [2.75, 3.05) is 0 Å². The summed E-state index contributed by atoms with van der Waals surface area (Å²) in [5, 5.41) is 0. The number of rotatable bonds is 3. The van der Waals surface area contributed by atoms with Crippen LogP contribution < -0.4 is 0 Å². The van der Waals surface area contributed by atoms with Gasteiger partial charge in [-0.3, -0.25) is 4.79 Å². The van der Waals surface area contributed by atoms with E-state index in [1.807, 2.05) is 0 Å². The Labute approximate surface area is 102 Å². The third kappa shape index (κ3) is 3.59. The van der Waals surface area contributed by atoms with Gasteiger partial charge in [-0.1, -0.05) is 0 Å². The molecule has 0 radical (unpaired) electrons. The first-order chi connectivity index (χ1) is 8.36. The molecule has 0 aliphatic heterocycles. The van der Waals surface area contributed by atoms with Crippen LogP contribution in [0.25, 0.3) is 0 Å². The molecule has 0 aliphatic rings. The van der Waals surface area contributed by atoms with Crippen LogP contribution in [0.1, 0.15) is 35.7 Å². The van der Waals surface area contributed by atoms with Crippen molar-refractivity contribution in [1.82, 2.24) is 0 Å². The minimum Gasteiger partial charge on any atom is -0.294 e. The van der Waals surface area contributed by atoms with E-state index in [4.69, 9.17) is 0 Å². The van der Waals surface area contributed by atoms with Crippen LogP contribution >= 0.6 is 0 Å². The Morgan fingerprint density at radius 1 is 1.33 bits per heavy atom. The van der Waals surface area contributed by atoms with Crippen LogP contribution in [0.5, 0.6) is 0 Å². The lowest BCUT2D eigenvalue weighted by atomic mass is 10.0. The Morgan fingerprint density at radius 3 is 2.56 bits per heavy atom. The van der Waals surface area contributed by atoms with E-state index in [1.165, 1.54) is 0 Å². The van der Waals surface area contributed by atoms with E-state index >= 15 is 0 Å². The molecule has 5 heteroatoms. The van der Waals surface area contributed by atoms with Gasteiger partial charge in [-0.15, -0.1) is 11.8 Å². The molecule has 0 saturated heterocycles. The number of halogens is 4. The summed E-state index contributed by atoms with van der Waals surface area (Å²) < 4.78 is 50.5. The van der Waals surface area contributed by atoms with Crippen molar-refractivity contribution < 1.29 is 22.4 Å². The maximum Gasteiger partial charge on any atom is 0.416 e. The van der Waals surface area contributed by atoms with Crippen LogP contribution in [0.2, 0.25) is 0 Å². The van der Waals surface area contributed by atoms with Gasteiger partial charge in [-0.25, -0.2) is 4.39 Å². The molecule has 0 heterocycles. The lowest BCUT2D eigenvalue weighted by molar-refractivity contribution is -0.137. The molecule has 1 rings (SSSR count). The number of hydrogen-bond donors (Lipinski definition) is 0. The zero-order chi connectivity index (χ0) is 13.8. The summed E-state index contributed by atoms with van der Waals surface area (Å²) in [6, 6.07) is 1.80. The van der Waals surface area contributed by atoms with Gasteiger partial charge in [0.25, 0.3) is 0 Å². The summed E-state index contributed by atoms with van der Waals surface area (Å²) in [5.74, 6) is 3.52. The molecule has 0 aliphatic carbocycles. The summed E-state index contributed by atoms with van der Waals surface area (Å²) in [6.07, 6.45) is -4.49. The predicted octanol–water partition coefficient (Wildman–Crippen LogP) is 3.83. The Hall–Kier alpha value is -1.83. The number of benzene rings is 1. The zero-order valence-corrected chi connectivity index (χ0v) is 9.57. The molecule has 0 atom stereocenters. The van der Waals surface area contributed by atoms with Crippen LogP contribution in [0.15, 0.2) is 18.2 Å². The highest BCUT2D eigenvalue weighted by Crippen LogP contribution is 2.30. The Bertz CT molecular complexity index is 506. The van der Waals surface area contributed by atoms with E-state index in [0.717, 1.165) is 0 Å². The van der Waals surface area contributed by atoms with Crippen LogP contribution in [0, 0.1) is 17.7 Å². The maximum absolute atomic E-state index is 13.3. The molecule has 0 amide bonds. The van der Waals surface area contributed by atoms with Gasteiger partial charge in [0.15, 0.2) is 5.78 Å². The average Bonchev–Trinajstić information content (AvgIpc) is 2.28. The molecule has 1 aromatic carbocycles. The maximum atomic E-state index is 13.3. The molecule has 0 bridgehead atoms. The van der Waals surface area contributed by atoms with Gasteiger partial charge in [0.1, 0.15) is 5.82 Å². The first kappa shape index (κ1) is 14.2. The topological polar surface area (TPSA) is 17.1 Å². The standard InChI is InChI=1S/C13H10F4O/c1-2-3-4-5-12(18)10-8-9(13(15,16)17)6-7-11(10)14/h6-8H,4-5H2,1H3. The highest BCUT2D eigenvalue weighted by Gasteiger charge is 2.31. The molecule has 0 spiro atoms. The molecule has 0 aromatic heterocycles. The van der Waals surface area contributed by atoms with Crippen molar-refractivity contribution in [1.29, 1.82) is 0 Å². The van der Waals surface area contributed by atoms with Gasteiger partial charge in [-0.2, -0.15) is 13.2 Å². The smallest absolute Gasteiger partial charge is 0.294 e. The molecule has 1 nitrogen and oxygen atoms in total. The molecule has 18 heavy (non-hydrogen) atoms. The summed E-state index contributed by atoms with van der Waals surface area (Å²) in [7, 11) is 0. The third-order valence-corrected chi connectivity index (χ3v) is 2.25. The molecule has 96 valence electrons. The van der Waals surface area contributed by atoms with Gasteiger partial charge >= 0.3 is 6.18 Å². The van der Waals surface area contributed by atoms with Gasteiger partial charge in [0.2, 0.25) is 0 Å². The van der Waals surface area contributed by atoms with Crippen molar-refractivity contribution in [2.24, 2.45) is 0 Å². The first-order valence-electron chi connectivity index (χ1n) is 5.16. The fourth-order valence-corrected chi connectivity index (χ4v) is 1.35. The second-order valence-electron chi connectivity index (χ2n) is 3.54. The van der Waals surface area contributed by atoms with Crippen LogP contribution in [-0.4, -0.2) is 5.78 Å². The SMILES string of the molecule is CC#CCCC(=O)c1cc(C(F)(F)F)ccc1F. The van der Waals surface area contributed by atoms with Crippen molar-refractivity contribution in [2.45, 2.75) is 25.9 Å². The number of ketones is 1. The molecular weight excluding hydrogens is 248 g/mol. The van der Waals surface area contributed by atoms with E-state index in [1.54, 1.807) is 6.92 Å². The minimum atomic E-state index is -4.59. The van der Waals surface area contributed by atoms with E-state index < -0.39 is 28.9 Å². The van der Waals surface area contributed by atoms with Crippen LogP contribution in [0.3, 0.4) is 0 Å². The number of carbonyl (C=O) groups excluding carboxylic acids is 1. The number of Topliss-reactive ketones (excluding diaryl/α,β-unsaturated/α-hetero) is 1. The molecule has 0 N–H and O–H groups in total. The van der Waals surface area contributed by atoms with E-state index in [0.29, 0.717) is 18.2 Å². The number of carbonyl (C=O) groups is 1. The zero-order valence-electron chi connectivity index (χ0n) is 9.57. The second-order valence-corrected chi connectivity index (χ2v) is 3.54. The minimum absolute atomic E-state index is 0.0981. The largest absolute Gasteiger partial charge is 0.416 e. The van der Waals surface area contributed by atoms with Crippen molar-refractivity contribution in [3.8, 4) is 11.8 Å². The number of alkyl halides is 3. The van der Waals surface area contributed by atoms with Crippen molar-refractivity contribution in [3.05, 3.63) is 35.1 Å². The highest BCUT2D eigenvalue weighted by atomic mass is 19.4. The summed E-state index contributed by atoms with van der Waals surface area (Å²) in [6.45, 7) is 1.58. The monoisotopic (exact) mass is 258 g/mol. The highest BCUT2D eigenvalue weighted by molar-refractivity contribution is 5.96. The Balaban J connectivity index is 2.99. The first-order valence-corrected chi connectivity index (χ1v) is 5.16. The molecule has 0 unspecified atom stereocenters. The van der Waals surface area contributed by atoms with Gasteiger partial charge in [0.05, 0.1) is 11.1 Å². The average molecular weight is 258 g/mol. The second kappa shape index (κ2) is 5.67.